The molecule has 0 saturated carbocycles. The van der Waals surface area contributed by atoms with Gasteiger partial charge in [-0.05, 0) is 44.7 Å². The lowest BCUT2D eigenvalue weighted by molar-refractivity contribution is 0.0990. The normalized spacial score (nSPS) is 10.8. The van der Waals surface area contributed by atoms with Crippen molar-refractivity contribution in [2.75, 3.05) is 39.8 Å². The molecular weight excluding hydrogens is 252 g/mol. The van der Waals surface area contributed by atoms with E-state index < -0.39 is 0 Å². The van der Waals surface area contributed by atoms with Crippen LogP contribution in [0.1, 0.15) is 30.6 Å². The molecule has 0 amide bonds. The molecule has 0 unspecified atom stereocenters. The van der Waals surface area contributed by atoms with Crippen LogP contribution in [0.3, 0.4) is 0 Å². The van der Waals surface area contributed by atoms with E-state index in [9.17, 15) is 4.79 Å². The SMILES string of the molecule is CCN(CC)CCCNCC(=O)c1cccc(OC)c1. The van der Waals surface area contributed by atoms with Crippen LogP contribution in [0.25, 0.3) is 0 Å². The first-order valence-electron chi connectivity index (χ1n) is 7.31. The highest BCUT2D eigenvalue weighted by molar-refractivity contribution is 5.97. The third-order valence-electron chi connectivity index (χ3n) is 3.40. The number of carbonyl (C=O) groups is 1. The number of nitrogens with zero attached hydrogens (tertiary/aromatic N) is 1. The molecule has 0 fully saturated rings. The van der Waals surface area contributed by atoms with E-state index in [1.165, 1.54) is 0 Å². The molecule has 0 atom stereocenters. The molecule has 1 rings (SSSR count). The Kier molecular flexibility index (Phi) is 7.92. The predicted octanol–water partition coefficient (Wildman–Crippen LogP) is 2.20. The molecule has 112 valence electrons. The quantitative estimate of drug-likeness (QED) is 0.526. The van der Waals surface area contributed by atoms with Crippen LogP contribution in [0.4, 0.5) is 0 Å². The van der Waals surface area contributed by atoms with Gasteiger partial charge in [-0.15, -0.1) is 0 Å². The lowest BCUT2D eigenvalue weighted by Gasteiger charge is -2.17. The average Bonchev–Trinajstić information content (AvgIpc) is 2.50. The Hall–Kier alpha value is -1.39. The summed E-state index contributed by atoms with van der Waals surface area (Å²) >= 11 is 0. The lowest BCUT2D eigenvalue weighted by Crippen LogP contribution is -2.29. The van der Waals surface area contributed by atoms with Gasteiger partial charge in [0.25, 0.3) is 0 Å². The molecule has 4 nitrogen and oxygen atoms in total. The summed E-state index contributed by atoms with van der Waals surface area (Å²) in [6, 6.07) is 7.28. The van der Waals surface area contributed by atoms with Crippen LogP contribution in [0, 0.1) is 0 Å². The first kappa shape index (κ1) is 16.7. The van der Waals surface area contributed by atoms with Crippen LogP contribution in [0.2, 0.25) is 0 Å². The van der Waals surface area contributed by atoms with Gasteiger partial charge in [-0.1, -0.05) is 26.0 Å². The van der Waals surface area contributed by atoms with E-state index in [0.29, 0.717) is 12.1 Å². The van der Waals surface area contributed by atoms with Gasteiger partial charge in [0.05, 0.1) is 13.7 Å². The van der Waals surface area contributed by atoms with Gasteiger partial charge >= 0.3 is 0 Å². The molecule has 0 radical (unpaired) electrons. The second-order valence-corrected chi connectivity index (χ2v) is 4.71. The Labute approximate surface area is 122 Å². The summed E-state index contributed by atoms with van der Waals surface area (Å²) in [6.45, 7) is 8.83. The van der Waals surface area contributed by atoms with Crippen LogP contribution >= 0.6 is 0 Å². The first-order chi connectivity index (χ1) is 9.71. The van der Waals surface area contributed by atoms with Crippen molar-refractivity contribution in [3.63, 3.8) is 0 Å². The van der Waals surface area contributed by atoms with Crippen LogP contribution in [0.15, 0.2) is 24.3 Å². The Balaban J connectivity index is 2.26. The van der Waals surface area contributed by atoms with Gasteiger partial charge in [-0.3, -0.25) is 4.79 Å². The Bertz CT molecular complexity index is 403. The number of ketones is 1. The smallest absolute Gasteiger partial charge is 0.176 e. The van der Waals surface area contributed by atoms with Gasteiger partial charge < -0.3 is 15.0 Å². The highest BCUT2D eigenvalue weighted by Crippen LogP contribution is 2.12. The number of methoxy groups -OCH3 is 1. The van der Waals surface area contributed by atoms with Crippen LogP contribution < -0.4 is 10.1 Å². The van der Waals surface area contributed by atoms with Gasteiger partial charge in [0.15, 0.2) is 5.78 Å². The van der Waals surface area contributed by atoms with Gasteiger partial charge in [-0.2, -0.15) is 0 Å². The van der Waals surface area contributed by atoms with E-state index in [2.05, 4.69) is 24.1 Å². The maximum Gasteiger partial charge on any atom is 0.176 e. The number of nitrogens with one attached hydrogen (secondary N) is 1. The monoisotopic (exact) mass is 278 g/mol. The van der Waals surface area contributed by atoms with Crippen molar-refractivity contribution in [2.45, 2.75) is 20.3 Å². The molecule has 1 N–H and O–H groups in total. The van der Waals surface area contributed by atoms with Crippen molar-refractivity contribution < 1.29 is 9.53 Å². The average molecular weight is 278 g/mol. The van der Waals surface area contributed by atoms with Gasteiger partial charge in [0.1, 0.15) is 5.75 Å². The summed E-state index contributed by atoms with van der Waals surface area (Å²) in [7, 11) is 1.61. The third-order valence-corrected chi connectivity index (χ3v) is 3.40. The minimum absolute atomic E-state index is 0.103. The molecular formula is C16H26N2O2. The molecule has 4 heteroatoms. The largest absolute Gasteiger partial charge is 0.497 e. The van der Waals surface area contributed by atoms with E-state index >= 15 is 0 Å². The van der Waals surface area contributed by atoms with Crippen molar-refractivity contribution in [2.24, 2.45) is 0 Å². The van der Waals surface area contributed by atoms with Crippen LogP contribution in [0.5, 0.6) is 5.75 Å². The molecule has 20 heavy (non-hydrogen) atoms. The van der Waals surface area contributed by atoms with Gasteiger partial charge in [-0.25, -0.2) is 0 Å². The molecule has 0 aliphatic rings. The highest BCUT2D eigenvalue weighted by atomic mass is 16.5. The van der Waals surface area contributed by atoms with Gasteiger partial charge in [0, 0.05) is 5.56 Å². The Morgan fingerprint density at radius 2 is 2.05 bits per heavy atom. The summed E-state index contributed by atoms with van der Waals surface area (Å²) in [5.41, 5.74) is 0.695. The summed E-state index contributed by atoms with van der Waals surface area (Å²) in [4.78, 5) is 14.4. The number of ether oxygens (including phenoxy) is 1. The molecule has 0 aliphatic heterocycles. The predicted molar refractivity (Wildman–Crippen MR) is 82.6 cm³/mol. The second-order valence-electron chi connectivity index (χ2n) is 4.71. The molecule has 0 bridgehead atoms. The summed E-state index contributed by atoms with van der Waals surface area (Å²) in [5, 5.41) is 3.21. The number of rotatable bonds is 10. The van der Waals surface area contributed by atoms with E-state index in [1.54, 1.807) is 13.2 Å². The van der Waals surface area contributed by atoms with Crippen molar-refractivity contribution >= 4 is 5.78 Å². The standard InChI is InChI=1S/C16H26N2O2/c1-4-18(5-2)11-7-10-17-13-16(19)14-8-6-9-15(12-14)20-3/h6,8-9,12,17H,4-5,7,10-11,13H2,1-3H3. The number of hydrogen-bond donors (Lipinski definition) is 1. The van der Waals surface area contributed by atoms with Gasteiger partial charge in [0.2, 0.25) is 0 Å². The summed E-state index contributed by atoms with van der Waals surface area (Å²) in [6.07, 6.45) is 1.06. The zero-order valence-corrected chi connectivity index (χ0v) is 12.8. The maximum absolute atomic E-state index is 12.0. The zero-order valence-electron chi connectivity index (χ0n) is 12.8. The lowest BCUT2D eigenvalue weighted by atomic mass is 10.1. The minimum atomic E-state index is 0.103. The minimum Gasteiger partial charge on any atom is -0.497 e. The fourth-order valence-corrected chi connectivity index (χ4v) is 2.07. The second kappa shape index (κ2) is 9.50. The fourth-order valence-electron chi connectivity index (χ4n) is 2.07. The number of carbonyl (C=O) groups excluding carboxylic acids is 1. The fraction of sp³-hybridized carbons (Fsp3) is 0.562. The molecule has 0 heterocycles. The highest BCUT2D eigenvalue weighted by Gasteiger charge is 2.06. The van der Waals surface area contributed by atoms with E-state index in [0.717, 1.165) is 38.3 Å². The Morgan fingerprint density at radius 1 is 1.30 bits per heavy atom. The third kappa shape index (κ3) is 5.72. The zero-order chi connectivity index (χ0) is 14.8. The molecule has 0 saturated heterocycles. The van der Waals surface area contributed by atoms with E-state index in [1.807, 2.05) is 18.2 Å². The van der Waals surface area contributed by atoms with E-state index in [4.69, 9.17) is 4.74 Å². The topological polar surface area (TPSA) is 41.6 Å². The van der Waals surface area contributed by atoms with Crippen LogP contribution in [-0.2, 0) is 0 Å². The molecule has 1 aromatic rings. The molecule has 1 aromatic carbocycles. The van der Waals surface area contributed by atoms with Crippen LogP contribution in [-0.4, -0.2) is 50.5 Å². The summed E-state index contributed by atoms with van der Waals surface area (Å²) in [5.74, 6) is 0.823. The first-order valence-corrected chi connectivity index (χ1v) is 7.31. The van der Waals surface area contributed by atoms with Crippen molar-refractivity contribution in [3.8, 4) is 5.75 Å². The molecule has 0 spiro atoms. The maximum atomic E-state index is 12.0. The number of Topliss-reactive ketones (excluding diaryl/α,β-unsaturated/α-hetero) is 1. The number of hydrogen-bond acceptors (Lipinski definition) is 4. The van der Waals surface area contributed by atoms with Crippen molar-refractivity contribution in [3.05, 3.63) is 29.8 Å². The van der Waals surface area contributed by atoms with E-state index in [-0.39, 0.29) is 5.78 Å². The van der Waals surface area contributed by atoms with Crippen molar-refractivity contribution in [1.29, 1.82) is 0 Å². The summed E-state index contributed by atoms with van der Waals surface area (Å²) < 4.78 is 5.12. The Morgan fingerprint density at radius 3 is 2.70 bits per heavy atom. The number of benzene rings is 1. The van der Waals surface area contributed by atoms with Crippen molar-refractivity contribution in [1.82, 2.24) is 10.2 Å². The molecule has 0 aromatic heterocycles. The molecule has 0 aliphatic carbocycles.